The molecule has 0 radical (unpaired) electrons. The number of rotatable bonds is 5. The lowest BCUT2D eigenvalue weighted by Crippen LogP contribution is -2.25. The van der Waals surface area contributed by atoms with Crippen molar-refractivity contribution in [2.75, 3.05) is 14.1 Å². The van der Waals surface area contributed by atoms with Gasteiger partial charge in [0, 0.05) is 37.6 Å². The molecule has 5 heteroatoms. The van der Waals surface area contributed by atoms with Crippen LogP contribution in [0.3, 0.4) is 0 Å². The second kappa shape index (κ2) is 8.35. The minimum Gasteiger partial charge on any atom is -0.348 e. The maximum Gasteiger partial charge on any atom is 0.253 e. The number of nitrogens with one attached hydrogen (secondary N) is 1. The third-order valence-electron chi connectivity index (χ3n) is 4.97. The number of benzene rings is 2. The third kappa shape index (κ3) is 4.40. The Kier molecular flexibility index (Phi) is 5.87. The Hall–Kier alpha value is -3.34. The van der Waals surface area contributed by atoms with E-state index in [2.05, 4.69) is 9.88 Å². The van der Waals surface area contributed by atoms with Crippen LogP contribution in [0.15, 0.2) is 54.6 Å². The van der Waals surface area contributed by atoms with Crippen LogP contribution >= 0.6 is 0 Å². The van der Waals surface area contributed by atoms with Gasteiger partial charge in [-0.05, 0) is 62.7 Å². The molecule has 0 atom stereocenters. The number of aromatic nitrogens is 1. The molecule has 1 N–H and O–H groups in total. The highest BCUT2D eigenvalue weighted by molar-refractivity contribution is 5.98. The fraction of sp³-hybridized carbons (Fsp3) is 0.250. The number of amides is 2. The zero-order valence-electron chi connectivity index (χ0n) is 17.6. The van der Waals surface area contributed by atoms with E-state index in [9.17, 15) is 9.59 Å². The van der Waals surface area contributed by atoms with Gasteiger partial charge in [-0.15, -0.1) is 0 Å². The average molecular weight is 389 g/mol. The van der Waals surface area contributed by atoms with E-state index >= 15 is 0 Å². The highest BCUT2D eigenvalue weighted by atomic mass is 16.2. The van der Waals surface area contributed by atoms with Crippen molar-refractivity contribution in [2.24, 2.45) is 0 Å². The van der Waals surface area contributed by atoms with Gasteiger partial charge in [0.05, 0.1) is 11.3 Å². The summed E-state index contributed by atoms with van der Waals surface area (Å²) < 4.78 is 2.09. The summed E-state index contributed by atoms with van der Waals surface area (Å²) in [5, 5.41) is 3.01. The second-order valence-corrected chi connectivity index (χ2v) is 7.55. The highest BCUT2D eigenvalue weighted by Crippen LogP contribution is 2.22. The standard InChI is InChI=1S/C24H27N3O2/c1-16-6-13-22(27-17(2)7-8-18(27)3)21(14-16)23(28)25-15-19-9-11-20(12-10-19)24(29)26(4)5/h6-14H,15H2,1-5H3,(H,25,28). The van der Waals surface area contributed by atoms with Gasteiger partial charge in [0.15, 0.2) is 0 Å². The number of carbonyl (C=O) groups excluding carboxylic acids is 2. The molecule has 150 valence electrons. The molecule has 0 bridgehead atoms. The van der Waals surface area contributed by atoms with Gasteiger partial charge in [0.25, 0.3) is 11.8 Å². The van der Waals surface area contributed by atoms with Crippen molar-refractivity contribution in [1.29, 1.82) is 0 Å². The Morgan fingerprint density at radius 2 is 1.52 bits per heavy atom. The molecule has 0 saturated heterocycles. The topological polar surface area (TPSA) is 54.3 Å². The molecule has 3 rings (SSSR count). The summed E-state index contributed by atoms with van der Waals surface area (Å²) in [6.07, 6.45) is 0. The monoisotopic (exact) mass is 389 g/mol. The predicted octanol–water partition coefficient (Wildman–Crippen LogP) is 4.03. The van der Waals surface area contributed by atoms with Crippen molar-refractivity contribution in [3.63, 3.8) is 0 Å². The van der Waals surface area contributed by atoms with Crippen molar-refractivity contribution in [3.8, 4) is 5.69 Å². The van der Waals surface area contributed by atoms with E-state index in [0.29, 0.717) is 17.7 Å². The van der Waals surface area contributed by atoms with Crippen LogP contribution in [0, 0.1) is 20.8 Å². The third-order valence-corrected chi connectivity index (χ3v) is 4.97. The Morgan fingerprint density at radius 1 is 0.897 bits per heavy atom. The molecule has 2 amide bonds. The number of aryl methyl sites for hydroxylation is 3. The quantitative estimate of drug-likeness (QED) is 0.716. The summed E-state index contributed by atoms with van der Waals surface area (Å²) in [5.41, 5.74) is 6.30. The Labute approximate surface area is 172 Å². The summed E-state index contributed by atoms with van der Waals surface area (Å²) in [5.74, 6) is -0.160. The van der Waals surface area contributed by atoms with Gasteiger partial charge in [-0.3, -0.25) is 9.59 Å². The number of nitrogens with zero attached hydrogens (tertiary/aromatic N) is 2. The fourth-order valence-electron chi connectivity index (χ4n) is 3.38. The molecule has 3 aromatic rings. The van der Waals surface area contributed by atoms with Crippen LogP contribution < -0.4 is 5.32 Å². The summed E-state index contributed by atoms with van der Waals surface area (Å²) in [6, 6.07) is 17.3. The smallest absolute Gasteiger partial charge is 0.253 e. The van der Waals surface area contributed by atoms with E-state index in [1.54, 1.807) is 31.1 Å². The van der Waals surface area contributed by atoms with Crippen LogP contribution in [0.2, 0.25) is 0 Å². The average Bonchev–Trinajstić information content (AvgIpc) is 3.04. The van der Waals surface area contributed by atoms with Crippen LogP contribution in [-0.4, -0.2) is 35.4 Å². The summed E-state index contributed by atoms with van der Waals surface area (Å²) in [4.78, 5) is 26.5. The fourth-order valence-corrected chi connectivity index (χ4v) is 3.38. The first-order valence-electron chi connectivity index (χ1n) is 9.62. The number of carbonyl (C=O) groups is 2. The second-order valence-electron chi connectivity index (χ2n) is 7.55. The van der Waals surface area contributed by atoms with E-state index in [0.717, 1.165) is 28.2 Å². The van der Waals surface area contributed by atoms with E-state index < -0.39 is 0 Å². The molecule has 5 nitrogen and oxygen atoms in total. The SMILES string of the molecule is Cc1ccc(-n2c(C)ccc2C)c(C(=O)NCc2ccc(C(=O)N(C)C)cc2)c1. The molecule has 0 unspecified atom stereocenters. The Morgan fingerprint density at radius 3 is 2.10 bits per heavy atom. The van der Waals surface area contributed by atoms with Crippen LogP contribution in [0.1, 0.15) is 43.2 Å². The van der Waals surface area contributed by atoms with Gasteiger partial charge >= 0.3 is 0 Å². The minimum absolute atomic E-state index is 0.0394. The van der Waals surface area contributed by atoms with Gasteiger partial charge < -0.3 is 14.8 Å². The zero-order valence-corrected chi connectivity index (χ0v) is 17.6. The van der Waals surface area contributed by atoms with E-state index in [-0.39, 0.29) is 11.8 Å². The molecule has 1 aromatic heterocycles. The first-order chi connectivity index (χ1) is 13.8. The highest BCUT2D eigenvalue weighted by Gasteiger charge is 2.15. The number of hydrogen-bond donors (Lipinski definition) is 1. The van der Waals surface area contributed by atoms with Crippen LogP contribution in [-0.2, 0) is 6.54 Å². The van der Waals surface area contributed by atoms with Crippen LogP contribution in [0.4, 0.5) is 0 Å². The first kappa shape index (κ1) is 20.4. The molecule has 0 saturated carbocycles. The van der Waals surface area contributed by atoms with Gasteiger partial charge in [-0.2, -0.15) is 0 Å². The Bertz CT molecular complexity index is 1030. The lowest BCUT2D eigenvalue weighted by atomic mass is 10.1. The molecule has 2 aromatic carbocycles. The van der Waals surface area contributed by atoms with Crippen molar-refractivity contribution in [1.82, 2.24) is 14.8 Å². The minimum atomic E-state index is -0.121. The van der Waals surface area contributed by atoms with Crippen molar-refractivity contribution in [3.05, 3.63) is 88.2 Å². The zero-order chi connectivity index (χ0) is 21.1. The summed E-state index contributed by atoms with van der Waals surface area (Å²) in [7, 11) is 3.45. The molecule has 0 aliphatic heterocycles. The summed E-state index contributed by atoms with van der Waals surface area (Å²) >= 11 is 0. The van der Waals surface area contributed by atoms with Crippen molar-refractivity contribution >= 4 is 11.8 Å². The molecule has 0 aliphatic rings. The van der Waals surface area contributed by atoms with E-state index in [4.69, 9.17) is 0 Å². The molecule has 0 spiro atoms. The molecule has 29 heavy (non-hydrogen) atoms. The maximum atomic E-state index is 13.0. The molecular formula is C24H27N3O2. The van der Waals surface area contributed by atoms with Crippen molar-refractivity contribution < 1.29 is 9.59 Å². The largest absolute Gasteiger partial charge is 0.348 e. The van der Waals surface area contributed by atoms with Gasteiger partial charge in [-0.1, -0.05) is 23.8 Å². The van der Waals surface area contributed by atoms with E-state index in [1.807, 2.05) is 63.2 Å². The molecule has 1 heterocycles. The normalized spacial score (nSPS) is 10.7. The number of hydrogen-bond acceptors (Lipinski definition) is 2. The maximum absolute atomic E-state index is 13.0. The first-order valence-corrected chi connectivity index (χ1v) is 9.62. The molecular weight excluding hydrogens is 362 g/mol. The lowest BCUT2D eigenvalue weighted by molar-refractivity contribution is 0.0827. The van der Waals surface area contributed by atoms with E-state index in [1.165, 1.54) is 0 Å². The lowest BCUT2D eigenvalue weighted by Gasteiger charge is -2.16. The van der Waals surface area contributed by atoms with Gasteiger partial charge in [0.1, 0.15) is 0 Å². The van der Waals surface area contributed by atoms with Gasteiger partial charge in [0.2, 0.25) is 0 Å². The predicted molar refractivity (Wildman–Crippen MR) is 116 cm³/mol. The van der Waals surface area contributed by atoms with Crippen molar-refractivity contribution in [2.45, 2.75) is 27.3 Å². The Balaban J connectivity index is 1.80. The van der Waals surface area contributed by atoms with Gasteiger partial charge in [-0.25, -0.2) is 0 Å². The molecule has 0 aliphatic carbocycles. The van der Waals surface area contributed by atoms with Crippen LogP contribution in [0.5, 0.6) is 0 Å². The van der Waals surface area contributed by atoms with Crippen LogP contribution in [0.25, 0.3) is 5.69 Å². The summed E-state index contributed by atoms with van der Waals surface area (Å²) in [6.45, 7) is 6.44. The molecule has 0 fully saturated rings.